The Morgan fingerprint density at radius 1 is 1.04 bits per heavy atom. The highest BCUT2D eigenvalue weighted by Gasteiger charge is 2.25. The van der Waals surface area contributed by atoms with E-state index in [1.807, 2.05) is 0 Å². The molecule has 0 aliphatic heterocycles. The Kier molecular flexibility index (Phi) is 6.19. The lowest BCUT2D eigenvalue weighted by Crippen LogP contribution is -2.21. The number of hydrogen-bond donors (Lipinski definition) is 0. The van der Waals surface area contributed by atoms with Gasteiger partial charge in [-0.1, -0.05) is 105 Å². The van der Waals surface area contributed by atoms with E-state index in [1.54, 1.807) is 0 Å². The zero-order valence-electron chi connectivity index (χ0n) is 17.7. The monoisotopic (exact) mass is 368 g/mol. The molecule has 0 aromatic heterocycles. The van der Waals surface area contributed by atoms with Crippen molar-refractivity contribution < 1.29 is 0 Å². The molecule has 0 nitrogen and oxygen atoms in total. The van der Waals surface area contributed by atoms with Crippen molar-refractivity contribution in [3.63, 3.8) is 0 Å². The molecular formula is C28H32. The molecule has 3 rings (SSSR count). The SMILES string of the molecule is C=C(c1ccc(C)cc1)c1ccc(CC2=CCC(C(C)(C)C=CC)C=C2)cc1. The van der Waals surface area contributed by atoms with Gasteiger partial charge in [-0.05, 0) is 65.9 Å². The van der Waals surface area contributed by atoms with Gasteiger partial charge in [0, 0.05) is 0 Å². The lowest BCUT2D eigenvalue weighted by atomic mass is 9.74. The van der Waals surface area contributed by atoms with E-state index in [0.29, 0.717) is 5.92 Å². The molecule has 0 fully saturated rings. The number of aryl methyl sites for hydroxylation is 1. The first kappa shape index (κ1) is 20.1. The lowest BCUT2D eigenvalue weighted by molar-refractivity contribution is 0.342. The van der Waals surface area contributed by atoms with E-state index in [9.17, 15) is 0 Å². The highest BCUT2D eigenvalue weighted by molar-refractivity contribution is 5.78. The molecule has 28 heavy (non-hydrogen) atoms. The Labute approximate surface area is 171 Å². The predicted octanol–water partition coefficient (Wildman–Crippen LogP) is 7.70. The van der Waals surface area contributed by atoms with Crippen LogP contribution in [-0.4, -0.2) is 0 Å². The van der Waals surface area contributed by atoms with Crippen LogP contribution >= 0.6 is 0 Å². The van der Waals surface area contributed by atoms with Gasteiger partial charge in [0.2, 0.25) is 0 Å². The molecule has 0 saturated carbocycles. The molecule has 2 aromatic rings. The fourth-order valence-electron chi connectivity index (χ4n) is 3.88. The van der Waals surface area contributed by atoms with Gasteiger partial charge in [0.1, 0.15) is 0 Å². The van der Waals surface area contributed by atoms with Crippen molar-refractivity contribution in [3.8, 4) is 0 Å². The largest absolute Gasteiger partial charge is 0.0911 e. The van der Waals surface area contributed by atoms with Crippen molar-refractivity contribution in [2.45, 2.75) is 40.5 Å². The van der Waals surface area contributed by atoms with Crippen LogP contribution in [0.5, 0.6) is 0 Å². The first-order valence-corrected chi connectivity index (χ1v) is 10.3. The quantitative estimate of drug-likeness (QED) is 0.458. The molecule has 0 N–H and O–H groups in total. The summed E-state index contributed by atoms with van der Waals surface area (Å²) in [6, 6.07) is 17.4. The van der Waals surface area contributed by atoms with Gasteiger partial charge >= 0.3 is 0 Å². The van der Waals surface area contributed by atoms with Crippen molar-refractivity contribution >= 4 is 5.57 Å². The van der Waals surface area contributed by atoms with Crippen LogP contribution in [0.15, 0.2) is 91.1 Å². The van der Waals surface area contributed by atoms with E-state index in [2.05, 4.69) is 113 Å². The van der Waals surface area contributed by atoms with Crippen LogP contribution in [0, 0.1) is 18.3 Å². The van der Waals surface area contributed by atoms with Crippen molar-refractivity contribution in [3.05, 3.63) is 113 Å². The maximum absolute atomic E-state index is 4.29. The summed E-state index contributed by atoms with van der Waals surface area (Å²) in [5.74, 6) is 0.577. The Hall–Kier alpha value is -2.60. The van der Waals surface area contributed by atoms with Crippen molar-refractivity contribution in [1.29, 1.82) is 0 Å². The highest BCUT2D eigenvalue weighted by atomic mass is 14.3. The maximum atomic E-state index is 4.29. The minimum atomic E-state index is 0.214. The molecule has 0 bridgehead atoms. The molecule has 2 aromatic carbocycles. The van der Waals surface area contributed by atoms with E-state index < -0.39 is 0 Å². The van der Waals surface area contributed by atoms with E-state index in [1.165, 1.54) is 27.8 Å². The van der Waals surface area contributed by atoms with Gasteiger partial charge in [-0.2, -0.15) is 0 Å². The minimum Gasteiger partial charge on any atom is -0.0911 e. The Morgan fingerprint density at radius 3 is 2.18 bits per heavy atom. The van der Waals surface area contributed by atoms with Crippen LogP contribution < -0.4 is 0 Å². The van der Waals surface area contributed by atoms with Crippen LogP contribution in [-0.2, 0) is 6.42 Å². The Morgan fingerprint density at radius 2 is 1.64 bits per heavy atom. The van der Waals surface area contributed by atoms with Crippen LogP contribution in [0.25, 0.3) is 5.57 Å². The third-order valence-corrected chi connectivity index (χ3v) is 5.84. The average Bonchev–Trinajstić information content (AvgIpc) is 2.69. The van der Waals surface area contributed by atoms with E-state index in [0.717, 1.165) is 18.4 Å². The van der Waals surface area contributed by atoms with Gasteiger partial charge in [-0.15, -0.1) is 0 Å². The van der Waals surface area contributed by atoms with Crippen LogP contribution in [0.1, 0.15) is 49.4 Å². The van der Waals surface area contributed by atoms with Gasteiger partial charge in [0.25, 0.3) is 0 Å². The standard InChI is InChI=1S/C28H32/c1-6-19-28(4,5)27-17-11-24(12-18-27)20-23-9-15-26(16-10-23)22(3)25-13-7-21(2)8-14-25/h6-17,19,27H,3,18,20H2,1-2,4-5H3. The fraction of sp³-hybridized carbons (Fsp3) is 0.286. The Bertz CT molecular complexity index is 900. The first-order chi connectivity index (χ1) is 13.4. The summed E-state index contributed by atoms with van der Waals surface area (Å²) in [5.41, 5.74) is 7.71. The molecule has 1 unspecified atom stereocenters. The van der Waals surface area contributed by atoms with Gasteiger partial charge in [0.15, 0.2) is 0 Å². The molecule has 1 atom stereocenters. The summed E-state index contributed by atoms with van der Waals surface area (Å²) in [6.45, 7) is 13.1. The topological polar surface area (TPSA) is 0 Å². The van der Waals surface area contributed by atoms with E-state index in [-0.39, 0.29) is 5.41 Å². The molecule has 0 heteroatoms. The van der Waals surface area contributed by atoms with Crippen LogP contribution in [0.4, 0.5) is 0 Å². The highest BCUT2D eigenvalue weighted by Crippen LogP contribution is 2.35. The van der Waals surface area contributed by atoms with Gasteiger partial charge in [-0.25, -0.2) is 0 Å². The number of hydrogen-bond acceptors (Lipinski definition) is 0. The Balaban J connectivity index is 1.64. The summed E-state index contributed by atoms with van der Waals surface area (Å²) in [4.78, 5) is 0. The van der Waals surface area contributed by atoms with Gasteiger partial charge in [-0.3, -0.25) is 0 Å². The maximum Gasteiger partial charge on any atom is -0.00290 e. The summed E-state index contributed by atoms with van der Waals surface area (Å²) in [5, 5.41) is 0. The number of benzene rings is 2. The second kappa shape index (κ2) is 8.61. The predicted molar refractivity (Wildman–Crippen MR) is 123 cm³/mol. The number of allylic oxidation sites excluding steroid dienone is 6. The smallest absolute Gasteiger partial charge is 0.00290 e. The minimum absolute atomic E-state index is 0.214. The lowest BCUT2D eigenvalue weighted by Gasteiger charge is -2.30. The summed E-state index contributed by atoms with van der Waals surface area (Å²) in [7, 11) is 0. The van der Waals surface area contributed by atoms with Crippen molar-refractivity contribution in [2.24, 2.45) is 11.3 Å². The summed E-state index contributed by atoms with van der Waals surface area (Å²) < 4.78 is 0. The normalized spacial score (nSPS) is 17.0. The van der Waals surface area contributed by atoms with Crippen LogP contribution in [0.3, 0.4) is 0 Å². The van der Waals surface area contributed by atoms with Crippen molar-refractivity contribution in [1.82, 2.24) is 0 Å². The second-order valence-electron chi connectivity index (χ2n) is 8.52. The number of rotatable bonds is 6. The van der Waals surface area contributed by atoms with Gasteiger partial charge in [0.05, 0.1) is 0 Å². The molecule has 0 radical (unpaired) electrons. The molecule has 1 aliphatic rings. The molecule has 0 amide bonds. The fourth-order valence-corrected chi connectivity index (χ4v) is 3.88. The molecule has 0 spiro atoms. The van der Waals surface area contributed by atoms with Crippen molar-refractivity contribution in [2.75, 3.05) is 0 Å². The zero-order chi connectivity index (χ0) is 20.1. The van der Waals surface area contributed by atoms with Crippen LogP contribution in [0.2, 0.25) is 0 Å². The average molecular weight is 369 g/mol. The second-order valence-corrected chi connectivity index (χ2v) is 8.52. The molecule has 1 aliphatic carbocycles. The first-order valence-electron chi connectivity index (χ1n) is 10.3. The molecule has 0 heterocycles. The van der Waals surface area contributed by atoms with E-state index >= 15 is 0 Å². The third kappa shape index (κ3) is 4.81. The molecular weight excluding hydrogens is 336 g/mol. The molecule has 144 valence electrons. The summed E-state index contributed by atoms with van der Waals surface area (Å²) >= 11 is 0. The third-order valence-electron chi connectivity index (χ3n) is 5.84. The summed E-state index contributed by atoms with van der Waals surface area (Å²) in [6.07, 6.45) is 13.7. The molecule has 0 saturated heterocycles. The van der Waals surface area contributed by atoms with E-state index in [4.69, 9.17) is 0 Å². The van der Waals surface area contributed by atoms with Gasteiger partial charge < -0.3 is 0 Å². The zero-order valence-corrected chi connectivity index (χ0v) is 17.7.